The number of rotatable bonds is 4. The second-order valence-corrected chi connectivity index (χ2v) is 3.21. The molecular formula is C11H12F2N2. The van der Waals surface area contributed by atoms with Gasteiger partial charge in [-0.3, -0.25) is 4.90 Å². The van der Waals surface area contributed by atoms with Crippen LogP contribution >= 0.6 is 0 Å². The summed E-state index contributed by atoms with van der Waals surface area (Å²) in [6.07, 6.45) is 0. The molecule has 0 aromatic heterocycles. The minimum absolute atomic E-state index is 0.287. The van der Waals surface area contributed by atoms with Crippen LogP contribution in [0.5, 0.6) is 0 Å². The average molecular weight is 210 g/mol. The highest BCUT2D eigenvalue weighted by Crippen LogP contribution is 2.10. The molecule has 15 heavy (non-hydrogen) atoms. The van der Waals surface area contributed by atoms with Crippen molar-refractivity contribution in [3.05, 3.63) is 35.4 Å². The van der Waals surface area contributed by atoms with E-state index in [2.05, 4.69) is 0 Å². The maximum atomic E-state index is 12.9. The lowest BCUT2D eigenvalue weighted by molar-refractivity contribution is 0.314. The molecule has 0 amide bonds. The molecule has 0 heterocycles. The maximum Gasteiger partial charge on any atom is 0.159 e. The molecule has 0 saturated heterocycles. The highest BCUT2D eigenvalue weighted by molar-refractivity contribution is 5.17. The molecule has 0 aliphatic carbocycles. The Kier molecular flexibility index (Phi) is 4.19. The van der Waals surface area contributed by atoms with E-state index in [1.807, 2.05) is 17.9 Å². The van der Waals surface area contributed by atoms with Gasteiger partial charge in [0.15, 0.2) is 11.6 Å². The third-order valence-electron chi connectivity index (χ3n) is 2.13. The molecule has 0 unspecified atom stereocenters. The normalized spacial score (nSPS) is 10.3. The molecule has 0 radical (unpaired) electrons. The van der Waals surface area contributed by atoms with Crippen LogP contribution in [0.4, 0.5) is 8.78 Å². The van der Waals surface area contributed by atoms with Crippen LogP contribution in [0.3, 0.4) is 0 Å². The monoisotopic (exact) mass is 210 g/mol. The Morgan fingerprint density at radius 1 is 1.33 bits per heavy atom. The Morgan fingerprint density at radius 3 is 2.60 bits per heavy atom. The molecule has 0 N–H and O–H groups in total. The molecule has 80 valence electrons. The Hall–Kier alpha value is -1.47. The smallest absolute Gasteiger partial charge is 0.159 e. The largest absolute Gasteiger partial charge is 0.287 e. The van der Waals surface area contributed by atoms with Gasteiger partial charge in [0.25, 0.3) is 0 Å². The van der Waals surface area contributed by atoms with Crippen molar-refractivity contribution in [1.29, 1.82) is 5.26 Å². The molecule has 0 spiro atoms. The zero-order valence-corrected chi connectivity index (χ0v) is 8.50. The van der Waals surface area contributed by atoms with E-state index < -0.39 is 11.6 Å². The fourth-order valence-electron chi connectivity index (χ4n) is 1.28. The Morgan fingerprint density at radius 2 is 2.07 bits per heavy atom. The molecule has 0 bridgehead atoms. The van der Waals surface area contributed by atoms with Crippen molar-refractivity contribution in [2.24, 2.45) is 0 Å². The lowest BCUT2D eigenvalue weighted by atomic mass is 10.2. The van der Waals surface area contributed by atoms with Gasteiger partial charge < -0.3 is 0 Å². The van der Waals surface area contributed by atoms with Gasteiger partial charge >= 0.3 is 0 Å². The molecule has 0 saturated carbocycles. The van der Waals surface area contributed by atoms with Gasteiger partial charge in [-0.25, -0.2) is 8.78 Å². The first-order valence-electron chi connectivity index (χ1n) is 4.70. The first-order valence-corrected chi connectivity index (χ1v) is 4.70. The summed E-state index contributed by atoms with van der Waals surface area (Å²) in [5.74, 6) is -1.69. The number of hydrogen-bond donors (Lipinski definition) is 0. The number of benzene rings is 1. The average Bonchev–Trinajstić information content (AvgIpc) is 2.23. The summed E-state index contributed by atoms with van der Waals surface area (Å²) in [6.45, 7) is 3.36. The predicted molar refractivity (Wildman–Crippen MR) is 52.9 cm³/mol. The minimum Gasteiger partial charge on any atom is -0.287 e. The van der Waals surface area contributed by atoms with E-state index in [0.29, 0.717) is 18.7 Å². The van der Waals surface area contributed by atoms with Crippen molar-refractivity contribution >= 4 is 0 Å². The molecule has 4 heteroatoms. The summed E-state index contributed by atoms with van der Waals surface area (Å²) in [6, 6.07) is 5.81. The lowest BCUT2D eigenvalue weighted by Crippen LogP contribution is -2.23. The van der Waals surface area contributed by atoms with Crippen LogP contribution < -0.4 is 0 Å². The van der Waals surface area contributed by atoms with Gasteiger partial charge in [0, 0.05) is 6.54 Å². The van der Waals surface area contributed by atoms with Gasteiger partial charge in [-0.15, -0.1) is 0 Å². The van der Waals surface area contributed by atoms with Crippen molar-refractivity contribution in [2.45, 2.75) is 13.5 Å². The van der Waals surface area contributed by atoms with E-state index in [0.717, 1.165) is 12.1 Å². The summed E-state index contributed by atoms with van der Waals surface area (Å²) in [4.78, 5) is 1.84. The van der Waals surface area contributed by atoms with Gasteiger partial charge in [-0.2, -0.15) is 5.26 Å². The lowest BCUT2D eigenvalue weighted by Gasteiger charge is -2.16. The van der Waals surface area contributed by atoms with Gasteiger partial charge in [-0.05, 0) is 24.2 Å². The first-order chi connectivity index (χ1) is 7.17. The van der Waals surface area contributed by atoms with E-state index in [9.17, 15) is 8.78 Å². The Labute approximate surface area is 87.7 Å². The quantitative estimate of drug-likeness (QED) is 0.713. The van der Waals surface area contributed by atoms with Crippen LogP contribution in [0.1, 0.15) is 12.5 Å². The van der Waals surface area contributed by atoms with Crippen molar-refractivity contribution in [3.63, 3.8) is 0 Å². The minimum atomic E-state index is -0.847. The molecular weight excluding hydrogens is 198 g/mol. The topological polar surface area (TPSA) is 27.0 Å². The molecule has 1 aromatic carbocycles. The summed E-state index contributed by atoms with van der Waals surface area (Å²) in [5.41, 5.74) is 0.672. The molecule has 0 aliphatic rings. The van der Waals surface area contributed by atoms with Crippen molar-refractivity contribution in [3.8, 4) is 6.07 Å². The fourth-order valence-corrected chi connectivity index (χ4v) is 1.28. The number of nitriles is 1. The third-order valence-corrected chi connectivity index (χ3v) is 2.13. The second kappa shape index (κ2) is 5.42. The van der Waals surface area contributed by atoms with E-state index in [1.165, 1.54) is 6.07 Å². The fraction of sp³-hybridized carbons (Fsp3) is 0.364. The number of nitrogens with zero attached hydrogens (tertiary/aromatic N) is 2. The van der Waals surface area contributed by atoms with Crippen LogP contribution in [-0.2, 0) is 6.54 Å². The second-order valence-electron chi connectivity index (χ2n) is 3.21. The highest BCUT2D eigenvalue weighted by atomic mass is 19.2. The maximum absolute atomic E-state index is 12.9. The zero-order chi connectivity index (χ0) is 11.3. The Bertz CT molecular complexity index is 371. The number of hydrogen-bond acceptors (Lipinski definition) is 2. The summed E-state index contributed by atoms with van der Waals surface area (Å²) in [7, 11) is 0. The highest BCUT2D eigenvalue weighted by Gasteiger charge is 2.06. The van der Waals surface area contributed by atoms with E-state index in [4.69, 9.17) is 5.26 Å². The van der Waals surface area contributed by atoms with Gasteiger partial charge in [0.1, 0.15) is 0 Å². The van der Waals surface area contributed by atoms with Crippen LogP contribution in [0, 0.1) is 23.0 Å². The summed E-state index contributed by atoms with van der Waals surface area (Å²) >= 11 is 0. The van der Waals surface area contributed by atoms with E-state index in [1.54, 1.807) is 0 Å². The van der Waals surface area contributed by atoms with E-state index in [-0.39, 0.29) is 6.54 Å². The van der Waals surface area contributed by atoms with Crippen LogP contribution in [0.15, 0.2) is 18.2 Å². The van der Waals surface area contributed by atoms with Crippen molar-refractivity contribution in [2.75, 3.05) is 13.1 Å². The van der Waals surface area contributed by atoms with Gasteiger partial charge in [0.2, 0.25) is 0 Å². The standard InChI is InChI=1S/C11H12F2N2/c1-2-15(6-5-14)8-9-3-4-10(12)11(13)7-9/h3-4,7H,2,6,8H2,1H3. The molecule has 1 rings (SSSR count). The van der Waals surface area contributed by atoms with Crippen molar-refractivity contribution in [1.82, 2.24) is 4.90 Å². The molecule has 2 nitrogen and oxygen atoms in total. The third kappa shape index (κ3) is 3.30. The van der Waals surface area contributed by atoms with Crippen LogP contribution in [-0.4, -0.2) is 18.0 Å². The summed E-state index contributed by atoms with van der Waals surface area (Å²) in [5, 5.41) is 8.52. The Balaban J connectivity index is 2.71. The van der Waals surface area contributed by atoms with Gasteiger partial charge in [-0.1, -0.05) is 13.0 Å². The van der Waals surface area contributed by atoms with E-state index >= 15 is 0 Å². The molecule has 1 aromatic rings. The molecule has 0 aliphatic heterocycles. The molecule has 0 fully saturated rings. The first kappa shape index (κ1) is 11.6. The van der Waals surface area contributed by atoms with Crippen LogP contribution in [0.2, 0.25) is 0 Å². The van der Waals surface area contributed by atoms with Crippen LogP contribution in [0.25, 0.3) is 0 Å². The van der Waals surface area contributed by atoms with Crippen molar-refractivity contribution < 1.29 is 8.78 Å². The summed E-state index contributed by atoms with van der Waals surface area (Å²) < 4.78 is 25.5. The predicted octanol–water partition coefficient (Wildman–Crippen LogP) is 2.31. The number of halogens is 2. The SMILES string of the molecule is CCN(CC#N)Cc1ccc(F)c(F)c1. The molecule has 0 atom stereocenters. The van der Waals surface area contributed by atoms with Gasteiger partial charge in [0.05, 0.1) is 12.6 Å². The zero-order valence-electron chi connectivity index (χ0n) is 8.50.